The van der Waals surface area contributed by atoms with E-state index >= 15 is 0 Å². The molecule has 0 bridgehead atoms. The van der Waals surface area contributed by atoms with Crippen molar-refractivity contribution < 1.29 is 4.79 Å². The number of nitrogens with zero attached hydrogens (tertiary/aromatic N) is 2. The first-order chi connectivity index (χ1) is 13.7. The van der Waals surface area contributed by atoms with Gasteiger partial charge in [0.15, 0.2) is 5.82 Å². The van der Waals surface area contributed by atoms with Crippen LogP contribution in [0.2, 0.25) is 5.02 Å². The first-order valence-corrected chi connectivity index (χ1v) is 10.5. The molecule has 148 valence electrons. The lowest BCUT2D eigenvalue weighted by Gasteiger charge is -2.32. The van der Waals surface area contributed by atoms with Crippen LogP contribution < -0.4 is 10.9 Å². The van der Waals surface area contributed by atoms with E-state index in [9.17, 15) is 4.79 Å². The molecule has 2 N–H and O–H groups in total. The second kappa shape index (κ2) is 8.93. The summed E-state index contributed by atoms with van der Waals surface area (Å²) in [5, 5.41) is 0.583. The summed E-state index contributed by atoms with van der Waals surface area (Å²) in [5.41, 5.74) is 8.09. The molecule has 0 spiro atoms. The van der Waals surface area contributed by atoms with Gasteiger partial charge in [-0.2, -0.15) is 0 Å². The number of aromatic nitrogens is 1. The molecule has 1 aliphatic carbocycles. The number of rotatable bonds is 7. The van der Waals surface area contributed by atoms with Crippen LogP contribution in [-0.4, -0.2) is 28.9 Å². The smallest absolute Gasteiger partial charge is 0.238 e. The van der Waals surface area contributed by atoms with Crippen molar-refractivity contribution >= 4 is 23.3 Å². The number of carbonyl (C=O) groups is 1. The minimum Gasteiger partial charge on any atom is -0.299 e. The Morgan fingerprint density at radius 2 is 1.86 bits per heavy atom. The third kappa shape index (κ3) is 5.03. The average molecular weight is 399 g/mol. The molecule has 0 atom stereocenters. The van der Waals surface area contributed by atoms with Crippen LogP contribution >= 0.6 is 11.6 Å². The Morgan fingerprint density at radius 1 is 1.11 bits per heavy atom. The normalized spacial score (nSPS) is 18.0. The lowest BCUT2D eigenvalue weighted by Crippen LogP contribution is -2.33. The van der Waals surface area contributed by atoms with E-state index in [0.717, 1.165) is 50.9 Å². The lowest BCUT2D eigenvalue weighted by atomic mass is 9.89. The molecule has 28 heavy (non-hydrogen) atoms. The van der Waals surface area contributed by atoms with Crippen molar-refractivity contribution in [3.63, 3.8) is 0 Å². The van der Waals surface area contributed by atoms with E-state index in [2.05, 4.69) is 51.1 Å². The predicted octanol–water partition coefficient (Wildman–Crippen LogP) is 4.36. The van der Waals surface area contributed by atoms with E-state index < -0.39 is 0 Å². The summed E-state index contributed by atoms with van der Waals surface area (Å²) < 4.78 is 0. The summed E-state index contributed by atoms with van der Waals surface area (Å²) in [6, 6.07) is 12.7. The van der Waals surface area contributed by atoms with Gasteiger partial charge in [0, 0.05) is 19.2 Å². The molecular weight excluding hydrogens is 372 g/mol. The Bertz CT molecular complexity index is 801. The Labute approximate surface area is 171 Å². The first-order valence-electron chi connectivity index (χ1n) is 10.1. The number of anilines is 1. The van der Waals surface area contributed by atoms with Crippen LogP contribution in [0.15, 0.2) is 42.6 Å². The highest BCUT2D eigenvalue weighted by Gasteiger charge is 2.24. The van der Waals surface area contributed by atoms with Gasteiger partial charge >= 0.3 is 0 Å². The lowest BCUT2D eigenvalue weighted by molar-refractivity contribution is -0.120. The maximum Gasteiger partial charge on any atom is 0.238 e. The van der Waals surface area contributed by atoms with Crippen LogP contribution in [0.5, 0.6) is 0 Å². The molecule has 0 radical (unpaired) electrons. The molecule has 1 amide bonds. The SMILES string of the molecule is O=C(CC1CC1)NNc1nccc(CN2CCC(c3ccccc3)CC2)c1Cl. The Morgan fingerprint density at radius 3 is 2.57 bits per heavy atom. The molecular formula is C22H27ClN4O. The predicted molar refractivity (Wildman–Crippen MR) is 112 cm³/mol. The summed E-state index contributed by atoms with van der Waals surface area (Å²) in [6.45, 7) is 2.91. The summed E-state index contributed by atoms with van der Waals surface area (Å²) in [5.74, 6) is 1.70. The number of pyridine rings is 1. The third-order valence-corrected chi connectivity index (χ3v) is 6.13. The largest absolute Gasteiger partial charge is 0.299 e. The minimum atomic E-state index is -0.00578. The van der Waals surface area contributed by atoms with Gasteiger partial charge in [-0.25, -0.2) is 4.98 Å². The Kier molecular flexibility index (Phi) is 6.13. The number of carbonyl (C=O) groups excluding carboxylic acids is 1. The van der Waals surface area contributed by atoms with E-state index in [1.807, 2.05) is 6.07 Å². The number of hydrazine groups is 1. The summed E-state index contributed by atoms with van der Waals surface area (Å²) in [6.07, 6.45) is 6.95. The quantitative estimate of drug-likeness (QED) is 0.680. The molecule has 0 unspecified atom stereocenters. The molecule has 1 aromatic heterocycles. The standard InChI is InChI=1S/C22H27ClN4O/c23-21-19(8-11-24-22(21)26-25-20(28)14-16-6-7-16)15-27-12-9-18(10-13-27)17-4-2-1-3-5-17/h1-5,8,11,16,18H,6-7,9-10,12-15H2,(H,24,26)(H,25,28). The zero-order valence-electron chi connectivity index (χ0n) is 16.0. The zero-order chi connectivity index (χ0) is 19.3. The van der Waals surface area contributed by atoms with Crippen LogP contribution in [0, 0.1) is 5.92 Å². The summed E-state index contributed by atoms with van der Waals surface area (Å²) >= 11 is 6.55. The molecule has 1 saturated heterocycles. The van der Waals surface area contributed by atoms with Gasteiger partial charge in [0.25, 0.3) is 0 Å². The van der Waals surface area contributed by atoms with Crippen molar-refractivity contribution in [2.45, 2.75) is 44.6 Å². The molecule has 2 fully saturated rings. The molecule has 1 aliphatic heterocycles. The molecule has 1 aromatic carbocycles. The number of halogens is 1. The second-order valence-corrected chi connectivity index (χ2v) is 8.29. The maximum absolute atomic E-state index is 11.9. The number of amides is 1. The van der Waals surface area contributed by atoms with Crippen LogP contribution in [0.1, 0.15) is 49.1 Å². The molecule has 6 heteroatoms. The van der Waals surface area contributed by atoms with E-state index in [1.165, 1.54) is 5.56 Å². The van der Waals surface area contributed by atoms with Crippen molar-refractivity contribution in [3.8, 4) is 0 Å². The minimum absolute atomic E-state index is 0.00578. The summed E-state index contributed by atoms with van der Waals surface area (Å²) in [7, 11) is 0. The highest BCUT2D eigenvalue weighted by molar-refractivity contribution is 6.33. The van der Waals surface area contributed by atoms with Crippen LogP contribution in [0.25, 0.3) is 0 Å². The average Bonchev–Trinajstić information content (AvgIpc) is 3.54. The van der Waals surface area contributed by atoms with Crippen molar-refractivity contribution in [3.05, 3.63) is 58.7 Å². The Hall–Kier alpha value is -2.11. The fraction of sp³-hybridized carbons (Fsp3) is 0.455. The number of hydrogen-bond donors (Lipinski definition) is 2. The maximum atomic E-state index is 11.9. The summed E-state index contributed by atoms with van der Waals surface area (Å²) in [4.78, 5) is 18.6. The van der Waals surface area contributed by atoms with Crippen LogP contribution in [-0.2, 0) is 11.3 Å². The number of piperidine rings is 1. The molecule has 2 aromatic rings. The van der Waals surface area contributed by atoms with Crippen molar-refractivity contribution in [1.82, 2.24) is 15.3 Å². The van der Waals surface area contributed by atoms with Gasteiger partial charge in [0.1, 0.15) is 0 Å². The first kappa shape index (κ1) is 19.2. The van der Waals surface area contributed by atoms with E-state index in [4.69, 9.17) is 11.6 Å². The number of hydrogen-bond acceptors (Lipinski definition) is 4. The fourth-order valence-corrected chi connectivity index (χ4v) is 4.07. The third-order valence-electron chi connectivity index (χ3n) is 5.71. The van der Waals surface area contributed by atoms with Crippen LogP contribution in [0.3, 0.4) is 0 Å². The van der Waals surface area contributed by atoms with Gasteiger partial charge in [-0.3, -0.25) is 20.5 Å². The number of likely N-dealkylation sites (tertiary alicyclic amines) is 1. The Balaban J connectivity index is 1.30. The molecule has 4 rings (SSSR count). The van der Waals surface area contributed by atoms with Gasteiger partial charge < -0.3 is 0 Å². The van der Waals surface area contributed by atoms with E-state index in [1.54, 1.807) is 6.20 Å². The highest BCUT2D eigenvalue weighted by Crippen LogP contribution is 2.32. The van der Waals surface area contributed by atoms with Gasteiger partial charge in [-0.15, -0.1) is 0 Å². The van der Waals surface area contributed by atoms with Gasteiger partial charge in [0.2, 0.25) is 5.91 Å². The van der Waals surface area contributed by atoms with Gasteiger partial charge in [0.05, 0.1) is 5.02 Å². The highest BCUT2D eigenvalue weighted by atomic mass is 35.5. The van der Waals surface area contributed by atoms with E-state index in [-0.39, 0.29) is 5.91 Å². The molecule has 2 aliphatic rings. The molecule has 5 nitrogen and oxygen atoms in total. The molecule has 1 saturated carbocycles. The molecule has 2 heterocycles. The van der Waals surface area contributed by atoms with E-state index in [0.29, 0.717) is 29.1 Å². The number of nitrogens with one attached hydrogen (secondary N) is 2. The van der Waals surface area contributed by atoms with Crippen molar-refractivity contribution in [2.75, 3.05) is 18.5 Å². The van der Waals surface area contributed by atoms with Gasteiger partial charge in [-0.1, -0.05) is 41.9 Å². The number of benzene rings is 1. The van der Waals surface area contributed by atoms with Gasteiger partial charge in [-0.05, 0) is 67.8 Å². The second-order valence-electron chi connectivity index (χ2n) is 7.91. The van der Waals surface area contributed by atoms with Crippen molar-refractivity contribution in [2.24, 2.45) is 5.92 Å². The monoisotopic (exact) mass is 398 g/mol. The zero-order valence-corrected chi connectivity index (χ0v) is 16.8. The van der Waals surface area contributed by atoms with Crippen molar-refractivity contribution in [1.29, 1.82) is 0 Å². The topological polar surface area (TPSA) is 57.3 Å². The van der Waals surface area contributed by atoms with Crippen LogP contribution in [0.4, 0.5) is 5.82 Å². The fourth-order valence-electron chi connectivity index (χ4n) is 3.85.